The maximum atomic E-state index is 12.5. The van der Waals surface area contributed by atoms with E-state index in [1.807, 2.05) is 13.0 Å². The van der Waals surface area contributed by atoms with Gasteiger partial charge in [-0.05, 0) is 48.9 Å². The molecule has 2 heterocycles. The summed E-state index contributed by atoms with van der Waals surface area (Å²) in [5.74, 6) is 0.226. The lowest BCUT2D eigenvalue weighted by Gasteiger charge is -2.29. The van der Waals surface area contributed by atoms with Crippen LogP contribution in [0.4, 0.5) is 0 Å². The molecule has 2 aromatic rings. The van der Waals surface area contributed by atoms with E-state index in [9.17, 15) is 13.2 Å². The van der Waals surface area contributed by atoms with Crippen molar-refractivity contribution in [3.63, 3.8) is 0 Å². The van der Waals surface area contributed by atoms with Gasteiger partial charge in [0.1, 0.15) is 4.21 Å². The monoisotopic (exact) mass is 395 g/mol. The predicted molar refractivity (Wildman–Crippen MR) is 99.2 cm³/mol. The van der Waals surface area contributed by atoms with Crippen LogP contribution in [-0.2, 0) is 14.8 Å². The van der Waals surface area contributed by atoms with Crippen molar-refractivity contribution in [3.8, 4) is 11.5 Å². The third-order valence-electron chi connectivity index (χ3n) is 4.41. The normalized spacial score (nSPS) is 16.4. The van der Waals surface area contributed by atoms with Gasteiger partial charge in [-0.25, -0.2) is 8.42 Å². The van der Waals surface area contributed by atoms with Gasteiger partial charge in [-0.1, -0.05) is 12.1 Å². The number of benzene rings is 1. The summed E-state index contributed by atoms with van der Waals surface area (Å²) in [5.41, 5.74) is 1.01. The quantitative estimate of drug-likeness (QED) is 0.575. The van der Waals surface area contributed by atoms with Gasteiger partial charge in [-0.15, -0.1) is 11.3 Å². The molecule has 0 N–H and O–H groups in total. The van der Waals surface area contributed by atoms with E-state index < -0.39 is 10.0 Å². The van der Waals surface area contributed by atoms with Crippen molar-refractivity contribution in [2.75, 3.05) is 20.2 Å². The van der Waals surface area contributed by atoms with Gasteiger partial charge in [-0.2, -0.15) is 4.31 Å². The SMILES string of the molecule is COc1cc(C)ccc1OC(=O)C1CCN(S(=O)(=O)c2cccs2)CC1. The Morgan fingerprint density at radius 2 is 1.92 bits per heavy atom. The Morgan fingerprint density at radius 1 is 1.19 bits per heavy atom. The lowest BCUT2D eigenvalue weighted by Crippen LogP contribution is -2.40. The Hall–Kier alpha value is -1.90. The molecule has 0 saturated carbocycles. The minimum absolute atomic E-state index is 0.311. The lowest BCUT2D eigenvalue weighted by atomic mass is 9.98. The minimum atomic E-state index is -3.46. The molecule has 3 rings (SSSR count). The Kier molecular flexibility index (Phi) is 5.64. The Bertz CT molecular complexity index is 869. The molecule has 1 aromatic heterocycles. The van der Waals surface area contributed by atoms with Crippen LogP contribution in [0.25, 0.3) is 0 Å². The molecule has 0 radical (unpaired) electrons. The Labute approximate surface area is 157 Å². The number of methoxy groups -OCH3 is 1. The fourth-order valence-corrected chi connectivity index (χ4v) is 5.53. The lowest BCUT2D eigenvalue weighted by molar-refractivity contribution is -0.140. The standard InChI is InChI=1S/C18H21NO5S2/c1-13-5-6-15(16(12-13)23-2)24-18(20)14-7-9-19(10-8-14)26(21,22)17-4-3-11-25-17/h3-6,11-12,14H,7-10H2,1-2H3. The van der Waals surface area contributed by atoms with Crippen LogP contribution in [0.5, 0.6) is 11.5 Å². The molecule has 1 saturated heterocycles. The number of carbonyl (C=O) groups excluding carboxylic acids is 1. The molecule has 1 aliphatic heterocycles. The number of ether oxygens (including phenoxy) is 2. The van der Waals surface area contributed by atoms with Crippen LogP contribution in [0.2, 0.25) is 0 Å². The predicted octanol–water partition coefficient (Wildman–Crippen LogP) is 3.07. The maximum absolute atomic E-state index is 12.5. The minimum Gasteiger partial charge on any atom is -0.493 e. The van der Waals surface area contributed by atoms with Crippen molar-refractivity contribution in [2.45, 2.75) is 24.0 Å². The highest BCUT2D eigenvalue weighted by atomic mass is 32.2. The van der Waals surface area contributed by atoms with Gasteiger partial charge >= 0.3 is 5.97 Å². The third-order valence-corrected chi connectivity index (χ3v) is 7.68. The van der Waals surface area contributed by atoms with Crippen LogP contribution in [0.1, 0.15) is 18.4 Å². The van der Waals surface area contributed by atoms with E-state index >= 15 is 0 Å². The molecule has 0 bridgehead atoms. The fourth-order valence-electron chi connectivity index (χ4n) is 2.92. The fraction of sp³-hybridized carbons (Fsp3) is 0.389. The topological polar surface area (TPSA) is 72.9 Å². The van der Waals surface area contributed by atoms with Crippen molar-refractivity contribution >= 4 is 27.3 Å². The van der Waals surface area contributed by atoms with Crippen LogP contribution in [0, 0.1) is 12.8 Å². The highest BCUT2D eigenvalue weighted by Gasteiger charge is 2.33. The number of hydrogen-bond acceptors (Lipinski definition) is 6. The molecule has 6 nitrogen and oxygen atoms in total. The summed E-state index contributed by atoms with van der Waals surface area (Å²) >= 11 is 1.20. The third kappa shape index (κ3) is 3.92. The first-order valence-corrected chi connectivity index (χ1v) is 10.6. The van der Waals surface area contributed by atoms with Gasteiger partial charge in [-0.3, -0.25) is 4.79 Å². The van der Waals surface area contributed by atoms with Crippen LogP contribution >= 0.6 is 11.3 Å². The number of nitrogens with zero attached hydrogens (tertiary/aromatic N) is 1. The molecule has 8 heteroatoms. The van der Waals surface area contributed by atoms with Crippen molar-refractivity contribution in [1.29, 1.82) is 0 Å². The van der Waals surface area contributed by atoms with E-state index in [-0.39, 0.29) is 11.9 Å². The smallest absolute Gasteiger partial charge is 0.314 e. The second-order valence-electron chi connectivity index (χ2n) is 6.19. The van der Waals surface area contributed by atoms with Crippen LogP contribution in [0.15, 0.2) is 39.9 Å². The average molecular weight is 396 g/mol. The number of hydrogen-bond donors (Lipinski definition) is 0. The van der Waals surface area contributed by atoms with E-state index in [0.717, 1.165) is 5.56 Å². The summed E-state index contributed by atoms with van der Waals surface area (Å²) in [5, 5.41) is 1.74. The van der Waals surface area contributed by atoms with Gasteiger partial charge < -0.3 is 9.47 Å². The highest BCUT2D eigenvalue weighted by molar-refractivity contribution is 7.91. The Balaban J connectivity index is 1.62. The van der Waals surface area contributed by atoms with Crippen LogP contribution in [0.3, 0.4) is 0 Å². The zero-order chi connectivity index (χ0) is 18.7. The molecule has 0 unspecified atom stereocenters. The van der Waals surface area contributed by atoms with Gasteiger partial charge in [0.2, 0.25) is 0 Å². The summed E-state index contributed by atoms with van der Waals surface area (Å²) < 4.78 is 37.6. The molecule has 1 aliphatic rings. The summed E-state index contributed by atoms with van der Waals surface area (Å²) in [6, 6.07) is 8.68. The second-order valence-corrected chi connectivity index (χ2v) is 9.30. The summed E-state index contributed by atoms with van der Waals surface area (Å²) in [7, 11) is -1.93. The van der Waals surface area contributed by atoms with Gasteiger partial charge in [0.25, 0.3) is 10.0 Å². The number of piperidine rings is 1. The molecule has 0 spiro atoms. The number of sulfonamides is 1. The number of carbonyl (C=O) groups is 1. The van der Waals surface area contributed by atoms with E-state index in [4.69, 9.17) is 9.47 Å². The maximum Gasteiger partial charge on any atom is 0.314 e. The summed E-state index contributed by atoms with van der Waals surface area (Å²) in [6.07, 6.45) is 0.884. The van der Waals surface area contributed by atoms with E-state index in [0.29, 0.717) is 41.6 Å². The van der Waals surface area contributed by atoms with E-state index in [2.05, 4.69) is 0 Å². The Morgan fingerprint density at radius 3 is 2.54 bits per heavy atom. The zero-order valence-electron chi connectivity index (χ0n) is 14.7. The second kappa shape index (κ2) is 7.77. The first kappa shape index (κ1) is 18.9. The molecule has 26 heavy (non-hydrogen) atoms. The largest absolute Gasteiger partial charge is 0.493 e. The van der Waals surface area contributed by atoms with Gasteiger partial charge in [0.15, 0.2) is 11.5 Å². The molecule has 0 amide bonds. The van der Waals surface area contributed by atoms with E-state index in [1.165, 1.54) is 22.8 Å². The van der Waals surface area contributed by atoms with Crippen molar-refractivity contribution in [3.05, 3.63) is 41.3 Å². The van der Waals surface area contributed by atoms with E-state index in [1.54, 1.807) is 29.6 Å². The molecule has 1 fully saturated rings. The average Bonchev–Trinajstić information content (AvgIpc) is 3.19. The molecular formula is C18H21NO5S2. The van der Waals surface area contributed by atoms with Crippen molar-refractivity contribution in [1.82, 2.24) is 4.31 Å². The molecule has 140 valence electrons. The number of thiophene rings is 1. The summed E-state index contributed by atoms with van der Waals surface area (Å²) in [6.45, 7) is 2.55. The molecule has 0 atom stereocenters. The van der Waals surface area contributed by atoms with Crippen LogP contribution < -0.4 is 9.47 Å². The van der Waals surface area contributed by atoms with Crippen molar-refractivity contribution in [2.24, 2.45) is 5.92 Å². The first-order chi connectivity index (χ1) is 12.4. The number of esters is 1. The van der Waals surface area contributed by atoms with Crippen LogP contribution in [-0.4, -0.2) is 38.9 Å². The molecule has 1 aromatic carbocycles. The molecule has 0 aliphatic carbocycles. The van der Waals surface area contributed by atoms with Gasteiger partial charge in [0.05, 0.1) is 13.0 Å². The summed E-state index contributed by atoms with van der Waals surface area (Å²) in [4.78, 5) is 12.5. The van der Waals surface area contributed by atoms with Crippen molar-refractivity contribution < 1.29 is 22.7 Å². The van der Waals surface area contributed by atoms with Gasteiger partial charge in [0, 0.05) is 13.1 Å². The number of rotatable bonds is 5. The number of aryl methyl sites for hydroxylation is 1. The highest BCUT2D eigenvalue weighted by Crippen LogP contribution is 2.31. The molecular weight excluding hydrogens is 374 g/mol. The first-order valence-electron chi connectivity index (χ1n) is 8.32. The zero-order valence-corrected chi connectivity index (χ0v) is 16.3.